The molecule has 8 aromatic carbocycles. The van der Waals surface area contributed by atoms with Crippen LogP contribution in [0, 0.1) is 13.8 Å². The molecule has 1 atom stereocenters. The summed E-state index contributed by atoms with van der Waals surface area (Å²) in [7, 11) is 0. The molecule has 1 unspecified atom stereocenters. The molecule has 0 bridgehead atoms. The second kappa shape index (κ2) is 17.7. The molecule has 0 saturated carbocycles. The maximum absolute atomic E-state index is 10.4. The first-order chi connectivity index (χ1) is 32.1. The summed E-state index contributed by atoms with van der Waals surface area (Å²) in [6, 6.07) is 54.5. The number of anilines is 4. The van der Waals surface area contributed by atoms with Crippen LogP contribution in [0.1, 0.15) is 82.2 Å². The minimum Gasteiger partial charge on any atom is -0.507 e. The fourth-order valence-corrected chi connectivity index (χ4v) is 9.36. The molecule has 0 amide bonds. The number of hydrogen-bond donors (Lipinski definition) is 2. The standard InChI is InChI=1S/C39H32N2O2.C16H20O.C7H8/c1-23-15-17-24(18-16-23)41(33-14-8-12-29-28-11-7-13-31(39(2,3)4)37(28)43-38(29)33)25-19-20-30-34(21-25)42-35-22-32(40)26-9-5-6-10-27(26)36(30)35;1-11-7-5-8-12(11)13-9-6-10-14(15(13)17)16(2,3)4;1-7-5-3-2-4-6-7/h5-22H,40H2,1-4H3;5-10,12,17H,1-4H3;2-6H,1H3. The Morgan fingerprint density at radius 1 is 0.522 bits per heavy atom. The van der Waals surface area contributed by atoms with Crippen LogP contribution < -0.4 is 10.6 Å². The highest BCUT2D eigenvalue weighted by atomic mass is 16.3. The van der Waals surface area contributed by atoms with Gasteiger partial charge in [0.1, 0.15) is 22.5 Å². The lowest BCUT2D eigenvalue weighted by molar-refractivity contribution is 0.440. The van der Waals surface area contributed by atoms with Crippen LogP contribution in [0.3, 0.4) is 0 Å². The molecule has 10 aromatic rings. The van der Waals surface area contributed by atoms with E-state index in [-0.39, 0.29) is 16.7 Å². The van der Waals surface area contributed by atoms with Gasteiger partial charge in [-0.2, -0.15) is 0 Å². The third-order valence-electron chi connectivity index (χ3n) is 12.9. The van der Waals surface area contributed by atoms with Crippen molar-refractivity contribution in [2.45, 2.75) is 79.1 Å². The van der Waals surface area contributed by atoms with Crippen molar-refractivity contribution in [2.24, 2.45) is 0 Å². The van der Waals surface area contributed by atoms with E-state index < -0.39 is 0 Å². The monoisotopic (exact) mass is 880 g/mol. The zero-order valence-electron chi connectivity index (χ0n) is 40.1. The van der Waals surface area contributed by atoms with Crippen molar-refractivity contribution in [1.29, 1.82) is 0 Å². The minimum absolute atomic E-state index is 0.0277. The first-order valence-corrected chi connectivity index (χ1v) is 23.2. The number of aryl methyl sites for hydroxylation is 2. The lowest BCUT2D eigenvalue weighted by Crippen LogP contribution is -2.12. The molecule has 11 rings (SSSR count). The van der Waals surface area contributed by atoms with Gasteiger partial charge in [-0.3, -0.25) is 0 Å². The smallest absolute Gasteiger partial charge is 0.159 e. The molecule has 336 valence electrons. The molecule has 5 heteroatoms. The van der Waals surface area contributed by atoms with E-state index >= 15 is 0 Å². The number of para-hydroxylation sites is 3. The molecule has 2 heterocycles. The van der Waals surface area contributed by atoms with Gasteiger partial charge in [0.15, 0.2) is 5.58 Å². The van der Waals surface area contributed by atoms with Crippen LogP contribution in [-0.2, 0) is 10.8 Å². The van der Waals surface area contributed by atoms with E-state index in [0.29, 0.717) is 5.75 Å². The summed E-state index contributed by atoms with van der Waals surface area (Å²) in [5.74, 6) is 0.682. The Bertz CT molecular complexity index is 3480. The van der Waals surface area contributed by atoms with Gasteiger partial charge >= 0.3 is 0 Å². The molecule has 1 aliphatic carbocycles. The van der Waals surface area contributed by atoms with Crippen molar-refractivity contribution in [3.8, 4) is 5.75 Å². The maximum Gasteiger partial charge on any atom is 0.159 e. The lowest BCUT2D eigenvalue weighted by Gasteiger charge is -2.25. The van der Waals surface area contributed by atoms with E-state index in [1.807, 2.05) is 54.6 Å². The molecule has 5 nitrogen and oxygen atoms in total. The van der Waals surface area contributed by atoms with Gasteiger partial charge in [-0.05, 0) is 72.9 Å². The highest BCUT2D eigenvalue weighted by Crippen LogP contribution is 2.46. The largest absolute Gasteiger partial charge is 0.507 e. The average molecular weight is 881 g/mol. The molecular formula is C62H60N2O3. The number of furan rings is 2. The summed E-state index contributed by atoms with van der Waals surface area (Å²) in [6.45, 7) is 19.4. The third kappa shape index (κ3) is 8.70. The van der Waals surface area contributed by atoms with Crippen LogP contribution >= 0.6 is 0 Å². The molecule has 3 N–H and O–H groups in total. The van der Waals surface area contributed by atoms with Crippen LogP contribution in [0.15, 0.2) is 190 Å². The van der Waals surface area contributed by atoms with Crippen molar-refractivity contribution in [3.63, 3.8) is 0 Å². The zero-order valence-corrected chi connectivity index (χ0v) is 40.1. The molecule has 0 radical (unpaired) electrons. The van der Waals surface area contributed by atoms with Gasteiger partial charge in [0.05, 0.1) is 11.4 Å². The summed E-state index contributed by atoms with van der Waals surface area (Å²) < 4.78 is 13.3. The van der Waals surface area contributed by atoms with Crippen LogP contribution in [0.25, 0.3) is 54.6 Å². The highest BCUT2D eigenvalue weighted by molar-refractivity contribution is 6.22. The molecule has 2 aromatic heterocycles. The number of nitrogen functional groups attached to an aromatic ring is 1. The number of phenolic OH excluding ortho intramolecular Hbond substituents is 1. The molecule has 0 spiro atoms. The van der Waals surface area contributed by atoms with Gasteiger partial charge in [0.2, 0.25) is 0 Å². The highest BCUT2D eigenvalue weighted by Gasteiger charge is 2.26. The fraction of sp³-hybridized carbons (Fsp3) is 0.194. The zero-order chi connectivity index (χ0) is 47.2. The van der Waals surface area contributed by atoms with E-state index in [1.165, 1.54) is 22.3 Å². The van der Waals surface area contributed by atoms with Crippen molar-refractivity contribution in [3.05, 3.63) is 209 Å². The summed E-state index contributed by atoms with van der Waals surface area (Å²) in [6.07, 6.45) is 6.30. The van der Waals surface area contributed by atoms with E-state index in [2.05, 4.69) is 189 Å². The van der Waals surface area contributed by atoms with E-state index in [1.54, 1.807) is 0 Å². The Balaban J connectivity index is 0.000000192. The van der Waals surface area contributed by atoms with Crippen molar-refractivity contribution in [1.82, 2.24) is 0 Å². The van der Waals surface area contributed by atoms with E-state index in [9.17, 15) is 5.11 Å². The Morgan fingerprint density at radius 2 is 1.12 bits per heavy atom. The molecule has 0 fully saturated rings. The molecule has 67 heavy (non-hydrogen) atoms. The number of aromatic hydroxyl groups is 1. The SMILES string of the molecule is CC1=CC=CC1c1cccc(C(C)(C)C)c1O.Cc1ccc(N(c2ccc3c(c2)oc2cc(N)c4ccccc4c23)c2cccc3c2oc2c(C(C)(C)C)cccc23)cc1.Cc1ccccc1. The first kappa shape index (κ1) is 44.7. The summed E-state index contributed by atoms with van der Waals surface area (Å²) in [5.41, 5.74) is 20.5. The summed E-state index contributed by atoms with van der Waals surface area (Å²) in [4.78, 5) is 2.26. The van der Waals surface area contributed by atoms with Crippen LogP contribution in [0.5, 0.6) is 5.75 Å². The summed E-state index contributed by atoms with van der Waals surface area (Å²) >= 11 is 0. The van der Waals surface area contributed by atoms with Gasteiger partial charge in [-0.15, -0.1) is 0 Å². The molecule has 1 aliphatic rings. The number of hydrogen-bond acceptors (Lipinski definition) is 5. The number of allylic oxidation sites excluding steroid dienone is 4. The van der Waals surface area contributed by atoms with Gasteiger partial charge in [0, 0.05) is 67.5 Å². The van der Waals surface area contributed by atoms with Crippen LogP contribution in [-0.4, -0.2) is 5.11 Å². The summed E-state index contributed by atoms with van der Waals surface area (Å²) in [5, 5.41) is 17.0. The topological polar surface area (TPSA) is 75.8 Å². The average Bonchev–Trinajstić information content (AvgIpc) is 4.02. The van der Waals surface area contributed by atoms with E-state index in [4.69, 9.17) is 14.6 Å². The van der Waals surface area contributed by atoms with Crippen molar-refractivity contribution < 1.29 is 13.9 Å². The van der Waals surface area contributed by atoms with Gasteiger partial charge in [-0.25, -0.2) is 0 Å². The molecule has 0 aliphatic heterocycles. The predicted molar refractivity (Wildman–Crippen MR) is 285 cm³/mol. The number of rotatable bonds is 4. The Labute approximate surface area is 394 Å². The van der Waals surface area contributed by atoms with Crippen molar-refractivity contribution in [2.75, 3.05) is 10.6 Å². The number of fused-ring (bicyclic) bond motifs is 8. The van der Waals surface area contributed by atoms with E-state index in [0.717, 1.165) is 88.5 Å². The molecular weight excluding hydrogens is 821 g/mol. The number of nitrogens with zero attached hydrogens (tertiary/aromatic N) is 1. The number of phenols is 1. The van der Waals surface area contributed by atoms with Gasteiger partial charge < -0.3 is 24.6 Å². The minimum atomic E-state index is -0.0515. The normalized spacial score (nSPS) is 13.7. The van der Waals surface area contributed by atoms with Crippen LogP contribution in [0.4, 0.5) is 22.7 Å². The quantitative estimate of drug-likeness (QED) is 0.172. The second-order valence-electron chi connectivity index (χ2n) is 19.9. The Morgan fingerprint density at radius 3 is 1.78 bits per heavy atom. The second-order valence-corrected chi connectivity index (χ2v) is 19.9. The fourth-order valence-electron chi connectivity index (χ4n) is 9.36. The Kier molecular flexibility index (Phi) is 11.8. The van der Waals surface area contributed by atoms with Gasteiger partial charge in [-0.1, -0.05) is 192 Å². The first-order valence-electron chi connectivity index (χ1n) is 23.2. The van der Waals surface area contributed by atoms with Gasteiger partial charge in [0.25, 0.3) is 0 Å². The van der Waals surface area contributed by atoms with Crippen LogP contribution in [0.2, 0.25) is 0 Å². The third-order valence-corrected chi connectivity index (χ3v) is 12.9. The Hall–Kier alpha value is -7.50. The molecule has 0 saturated heterocycles. The number of benzene rings is 8. The van der Waals surface area contributed by atoms with Crippen molar-refractivity contribution >= 4 is 77.4 Å². The maximum atomic E-state index is 10.4. The lowest BCUT2D eigenvalue weighted by atomic mass is 9.82. The number of nitrogens with two attached hydrogens (primary N) is 1. The predicted octanol–water partition coefficient (Wildman–Crippen LogP) is 17.6.